The van der Waals surface area contributed by atoms with E-state index in [9.17, 15) is 4.79 Å². The van der Waals surface area contributed by atoms with Crippen molar-refractivity contribution >= 4 is 17.7 Å². The topological polar surface area (TPSA) is 47.6 Å². The fourth-order valence-corrected chi connectivity index (χ4v) is 2.34. The van der Waals surface area contributed by atoms with Crippen molar-refractivity contribution < 1.29 is 14.3 Å². The Kier molecular flexibility index (Phi) is 5.86. The van der Waals surface area contributed by atoms with Gasteiger partial charge in [0.15, 0.2) is 0 Å². The molecule has 1 amide bonds. The van der Waals surface area contributed by atoms with Crippen molar-refractivity contribution in [3.05, 3.63) is 59.7 Å². The van der Waals surface area contributed by atoms with Crippen LogP contribution in [0.25, 0.3) is 6.08 Å². The maximum atomic E-state index is 12.1. The van der Waals surface area contributed by atoms with Crippen LogP contribution < -0.4 is 14.8 Å². The minimum atomic E-state index is -0.219. The smallest absolute Gasteiger partial charge is 0.248 e. The normalized spacial score (nSPS) is 11.4. The fourth-order valence-electron chi connectivity index (χ4n) is 2.34. The second-order valence-corrected chi connectivity index (χ2v) is 6.76. The SMILES string of the molecule is COc1ccc(NC(=O)/C=C/c2ccc(C(C)(C)C)cc2)c(OC)c1. The molecule has 0 saturated heterocycles. The van der Waals surface area contributed by atoms with Gasteiger partial charge in [0, 0.05) is 12.1 Å². The summed E-state index contributed by atoms with van der Waals surface area (Å²) in [5.74, 6) is 1.00. The lowest BCUT2D eigenvalue weighted by Crippen LogP contribution is -2.10. The zero-order valence-corrected chi connectivity index (χ0v) is 15.4. The van der Waals surface area contributed by atoms with E-state index in [2.05, 4.69) is 38.2 Å². The third kappa shape index (κ3) is 5.11. The molecule has 132 valence electrons. The summed E-state index contributed by atoms with van der Waals surface area (Å²) in [4.78, 5) is 12.1. The molecule has 0 heterocycles. The van der Waals surface area contributed by atoms with Gasteiger partial charge in [0.25, 0.3) is 0 Å². The highest BCUT2D eigenvalue weighted by Gasteiger charge is 2.12. The molecule has 0 radical (unpaired) electrons. The lowest BCUT2D eigenvalue weighted by molar-refractivity contribution is -0.111. The van der Waals surface area contributed by atoms with Gasteiger partial charge in [-0.25, -0.2) is 0 Å². The maximum Gasteiger partial charge on any atom is 0.248 e. The largest absolute Gasteiger partial charge is 0.497 e. The Morgan fingerprint density at radius 3 is 2.24 bits per heavy atom. The summed E-state index contributed by atoms with van der Waals surface area (Å²) in [6, 6.07) is 13.4. The summed E-state index contributed by atoms with van der Waals surface area (Å²) in [7, 11) is 3.14. The number of anilines is 1. The molecule has 0 atom stereocenters. The average molecular weight is 339 g/mol. The third-order valence-corrected chi connectivity index (χ3v) is 3.87. The Balaban J connectivity index is 2.06. The minimum Gasteiger partial charge on any atom is -0.497 e. The van der Waals surface area contributed by atoms with Crippen LogP contribution >= 0.6 is 0 Å². The molecule has 0 fully saturated rings. The van der Waals surface area contributed by atoms with Crippen LogP contribution in [0.15, 0.2) is 48.5 Å². The standard InChI is InChI=1S/C21H25NO3/c1-21(2,3)16-9-6-15(7-10-16)8-13-20(23)22-18-12-11-17(24-4)14-19(18)25-5/h6-14H,1-5H3,(H,22,23)/b13-8+. The van der Waals surface area contributed by atoms with Gasteiger partial charge in [-0.15, -0.1) is 0 Å². The maximum absolute atomic E-state index is 12.1. The predicted octanol–water partition coefficient (Wildman–Crippen LogP) is 4.65. The van der Waals surface area contributed by atoms with Gasteiger partial charge >= 0.3 is 0 Å². The van der Waals surface area contributed by atoms with E-state index in [1.807, 2.05) is 12.1 Å². The van der Waals surface area contributed by atoms with Gasteiger partial charge in [0.1, 0.15) is 11.5 Å². The Labute approximate surface area is 149 Å². The van der Waals surface area contributed by atoms with Crippen LogP contribution in [0.1, 0.15) is 31.9 Å². The molecular weight excluding hydrogens is 314 g/mol. The van der Waals surface area contributed by atoms with Gasteiger partial charge in [-0.3, -0.25) is 4.79 Å². The number of benzene rings is 2. The Bertz CT molecular complexity index is 756. The van der Waals surface area contributed by atoms with Crippen LogP contribution in [0.4, 0.5) is 5.69 Å². The quantitative estimate of drug-likeness (QED) is 0.806. The number of hydrogen-bond donors (Lipinski definition) is 1. The van der Waals surface area contributed by atoms with Gasteiger partial charge in [-0.05, 0) is 34.8 Å². The number of amides is 1. The first-order chi connectivity index (χ1) is 11.8. The molecule has 0 aliphatic carbocycles. The van der Waals surface area contributed by atoms with Crippen LogP contribution in [0.2, 0.25) is 0 Å². The van der Waals surface area contributed by atoms with E-state index >= 15 is 0 Å². The lowest BCUT2D eigenvalue weighted by atomic mass is 9.87. The molecule has 0 aromatic heterocycles. The van der Waals surface area contributed by atoms with Crippen molar-refractivity contribution in [1.29, 1.82) is 0 Å². The fraction of sp³-hybridized carbons (Fsp3) is 0.286. The first-order valence-electron chi connectivity index (χ1n) is 8.15. The van der Waals surface area contributed by atoms with Crippen molar-refractivity contribution in [3.8, 4) is 11.5 Å². The van der Waals surface area contributed by atoms with E-state index in [0.29, 0.717) is 17.2 Å². The van der Waals surface area contributed by atoms with Gasteiger partial charge in [0.05, 0.1) is 19.9 Å². The molecule has 2 rings (SSSR count). The molecule has 4 heteroatoms. The summed E-state index contributed by atoms with van der Waals surface area (Å²) in [5, 5.41) is 2.81. The summed E-state index contributed by atoms with van der Waals surface area (Å²) < 4.78 is 10.4. The number of carbonyl (C=O) groups excluding carboxylic acids is 1. The summed E-state index contributed by atoms with van der Waals surface area (Å²) >= 11 is 0. The number of nitrogens with one attached hydrogen (secondary N) is 1. The molecule has 0 saturated carbocycles. The zero-order chi connectivity index (χ0) is 18.4. The van der Waals surface area contributed by atoms with E-state index in [4.69, 9.17) is 9.47 Å². The molecule has 0 unspecified atom stereocenters. The highest BCUT2D eigenvalue weighted by Crippen LogP contribution is 2.29. The van der Waals surface area contributed by atoms with E-state index < -0.39 is 0 Å². The Morgan fingerprint density at radius 1 is 1.00 bits per heavy atom. The van der Waals surface area contributed by atoms with E-state index in [1.54, 1.807) is 38.5 Å². The first kappa shape index (κ1) is 18.6. The van der Waals surface area contributed by atoms with Gasteiger partial charge in [0.2, 0.25) is 5.91 Å². The monoisotopic (exact) mass is 339 g/mol. The van der Waals surface area contributed by atoms with E-state index in [1.165, 1.54) is 11.6 Å². The van der Waals surface area contributed by atoms with Crippen LogP contribution in [-0.2, 0) is 10.2 Å². The van der Waals surface area contributed by atoms with Gasteiger partial charge in [-0.1, -0.05) is 45.0 Å². The van der Waals surface area contributed by atoms with Crippen LogP contribution in [0, 0.1) is 0 Å². The summed E-state index contributed by atoms with van der Waals surface area (Å²) in [6.45, 7) is 6.52. The molecular formula is C21H25NO3. The zero-order valence-electron chi connectivity index (χ0n) is 15.4. The van der Waals surface area contributed by atoms with Crippen LogP contribution in [-0.4, -0.2) is 20.1 Å². The minimum absolute atomic E-state index is 0.116. The number of ether oxygens (including phenoxy) is 2. The number of methoxy groups -OCH3 is 2. The molecule has 0 aliphatic rings. The Hall–Kier alpha value is -2.75. The molecule has 2 aromatic rings. The van der Waals surface area contributed by atoms with Crippen molar-refractivity contribution in [3.63, 3.8) is 0 Å². The number of hydrogen-bond acceptors (Lipinski definition) is 3. The molecule has 0 bridgehead atoms. The molecule has 0 aliphatic heterocycles. The molecule has 1 N–H and O–H groups in total. The highest BCUT2D eigenvalue weighted by atomic mass is 16.5. The number of carbonyl (C=O) groups is 1. The first-order valence-corrected chi connectivity index (χ1v) is 8.15. The van der Waals surface area contributed by atoms with Gasteiger partial charge < -0.3 is 14.8 Å². The molecule has 4 nitrogen and oxygen atoms in total. The van der Waals surface area contributed by atoms with Crippen molar-refractivity contribution in [2.45, 2.75) is 26.2 Å². The van der Waals surface area contributed by atoms with Crippen molar-refractivity contribution in [2.24, 2.45) is 0 Å². The predicted molar refractivity (Wildman–Crippen MR) is 102 cm³/mol. The van der Waals surface area contributed by atoms with Gasteiger partial charge in [-0.2, -0.15) is 0 Å². The average Bonchev–Trinajstić information content (AvgIpc) is 2.60. The van der Waals surface area contributed by atoms with Crippen LogP contribution in [0.5, 0.6) is 11.5 Å². The van der Waals surface area contributed by atoms with Crippen LogP contribution in [0.3, 0.4) is 0 Å². The van der Waals surface area contributed by atoms with Crippen molar-refractivity contribution in [2.75, 3.05) is 19.5 Å². The molecule has 25 heavy (non-hydrogen) atoms. The van der Waals surface area contributed by atoms with E-state index in [-0.39, 0.29) is 11.3 Å². The molecule has 2 aromatic carbocycles. The summed E-state index contributed by atoms with van der Waals surface area (Å²) in [5.41, 5.74) is 2.95. The summed E-state index contributed by atoms with van der Waals surface area (Å²) in [6.07, 6.45) is 3.30. The number of rotatable bonds is 5. The third-order valence-electron chi connectivity index (χ3n) is 3.87. The second kappa shape index (κ2) is 7.88. The lowest BCUT2D eigenvalue weighted by Gasteiger charge is -2.18. The second-order valence-electron chi connectivity index (χ2n) is 6.76. The van der Waals surface area contributed by atoms with E-state index in [0.717, 1.165) is 5.56 Å². The molecule has 0 spiro atoms. The van der Waals surface area contributed by atoms with Crippen molar-refractivity contribution in [1.82, 2.24) is 0 Å². The Morgan fingerprint density at radius 2 is 1.68 bits per heavy atom. The highest BCUT2D eigenvalue weighted by molar-refractivity contribution is 6.02.